The van der Waals surface area contributed by atoms with Crippen LogP contribution in [-0.4, -0.2) is 48.0 Å². The van der Waals surface area contributed by atoms with Gasteiger partial charge in [-0.1, -0.05) is 6.92 Å². The summed E-state index contributed by atoms with van der Waals surface area (Å²) in [5.74, 6) is -0.239. The Labute approximate surface area is 94.3 Å². The van der Waals surface area contributed by atoms with Crippen LogP contribution in [0.3, 0.4) is 0 Å². The minimum absolute atomic E-state index is 0.0301. The Balaban J connectivity index is 2.57. The molecule has 5 heteroatoms. The van der Waals surface area contributed by atoms with Gasteiger partial charge in [-0.25, -0.2) is 4.79 Å². The summed E-state index contributed by atoms with van der Waals surface area (Å²) < 4.78 is 4.64. The van der Waals surface area contributed by atoms with E-state index in [0.717, 1.165) is 12.8 Å². The summed E-state index contributed by atoms with van der Waals surface area (Å²) in [5.41, 5.74) is 0. The summed E-state index contributed by atoms with van der Waals surface area (Å²) in [6, 6.07) is -0.344. The maximum Gasteiger partial charge on any atom is 0.328 e. The van der Waals surface area contributed by atoms with Crippen LogP contribution in [0.4, 0.5) is 0 Å². The van der Waals surface area contributed by atoms with Crippen LogP contribution in [0.25, 0.3) is 0 Å². The molecule has 86 valence electrons. The summed E-state index contributed by atoms with van der Waals surface area (Å²) >= 11 is 1.53. The van der Waals surface area contributed by atoms with Crippen molar-refractivity contribution < 1.29 is 14.3 Å². The van der Waals surface area contributed by atoms with Crippen molar-refractivity contribution in [3.05, 3.63) is 0 Å². The number of ether oxygens (including phenoxy) is 1. The van der Waals surface area contributed by atoms with E-state index in [9.17, 15) is 9.59 Å². The molecule has 0 N–H and O–H groups in total. The minimum Gasteiger partial charge on any atom is -0.467 e. The molecule has 2 atom stereocenters. The molecular weight excluding hydrogens is 214 g/mol. The number of hydrogen-bond acceptors (Lipinski definition) is 4. The number of likely N-dealkylation sites (tertiary alicyclic amines) is 1. The van der Waals surface area contributed by atoms with Gasteiger partial charge in [0.1, 0.15) is 6.04 Å². The van der Waals surface area contributed by atoms with Crippen LogP contribution in [0.5, 0.6) is 0 Å². The first-order chi connectivity index (χ1) is 7.15. The Morgan fingerprint density at radius 1 is 1.60 bits per heavy atom. The van der Waals surface area contributed by atoms with Gasteiger partial charge in [0, 0.05) is 6.54 Å². The van der Waals surface area contributed by atoms with Gasteiger partial charge < -0.3 is 9.64 Å². The summed E-state index contributed by atoms with van der Waals surface area (Å²) in [6.45, 7) is 2.65. The SMILES string of the molecule is CCC(SC)C(=O)N1CCC1C(=O)OC. The Kier molecular flexibility index (Phi) is 4.45. The predicted octanol–water partition coefficient (Wildman–Crippen LogP) is 0.902. The number of carbonyl (C=O) groups is 2. The van der Waals surface area contributed by atoms with Gasteiger partial charge in [-0.15, -0.1) is 0 Å². The van der Waals surface area contributed by atoms with E-state index in [-0.39, 0.29) is 23.2 Å². The molecule has 0 bridgehead atoms. The molecule has 0 aromatic rings. The van der Waals surface area contributed by atoms with Crippen molar-refractivity contribution in [2.45, 2.75) is 31.1 Å². The molecule has 0 aromatic heterocycles. The highest BCUT2D eigenvalue weighted by atomic mass is 32.2. The van der Waals surface area contributed by atoms with Crippen molar-refractivity contribution in [3.8, 4) is 0 Å². The average molecular weight is 231 g/mol. The van der Waals surface area contributed by atoms with E-state index in [2.05, 4.69) is 4.74 Å². The third-order valence-electron chi connectivity index (χ3n) is 2.71. The zero-order valence-electron chi connectivity index (χ0n) is 9.36. The number of thioether (sulfide) groups is 1. The Hall–Kier alpha value is -0.710. The number of nitrogens with zero attached hydrogens (tertiary/aromatic N) is 1. The molecule has 1 rings (SSSR count). The topological polar surface area (TPSA) is 46.6 Å². The minimum atomic E-state index is -0.344. The molecular formula is C10H17NO3S. The van der Waals surface area contributed by atoms with Gasteiger partial charge in [0.05, 0.1) is 12.4 Å². The molecule has 1 aliphatic rings. The lowest BCUT2D eigenvalue weighted by Gasteiger charge is -2.40. The van der Waals surface area contributed by atoms with Crippen LogP contribution in [0.2, 0.25) is 0 Å². The van der Waals surface area contributed by atoms with E-state index in [1.165, 1.54) is 18.9 Å². The Bertz CT molecular complexity index is 253. The number of hydrogen-bond donors (Lipinski definition) is 0. The zero-order chi connectivity index (χ0) is 11.4. The third kappa shape index (κ3) is 2.45. The molecule has 1 amide bonds. The fourth-order valence-corrected chi connectivity index (χ4v) is 2.33. The van der Waals surface area contributed by atoms with Gasteiger partial charge in [0.15, 0.2) is 0 Å². The second kappa shape index (κ2) is 5.39. The first-order valence-electron chi connectivity index (χ1n) is 5.06. The molecule has 1 saturated heterocycles. The van der Waals surface area contributed by atoms with Crippen molar-refractivity contribution in [3.63, 3.8) is 0 Å². The number of carbonyl (C=O) groups excluding carboxylic acids is 2. The summed E-state index contributed by atoms with van der Waals surface area (Å²) in [6.07, 6.45) is 3.44. The lowest BCUT2D eigenvalue weighted by atomic mass is 10.0. The van der Waals surface area contributed by atoms with E-state index < -0.39 is 0 Å². The summed E-state index contributed by atoms with van der Waals surface area (Å²) in [7, 11) is 1.36. The maximum atomic E-state index is 11.9. The van der Waals surface area contributed by atoms with Crippen LogP contribution in [-0.2, 0) is 14.3 Å². The molecule has 4 nitrogen and oxygen atoms in total. The van der Waals surface area contributed by atoms with Crippen molar-refractivity contribution in [2.75, 3.05) is 19.9 Å². The zero-order valence-corrected chi connectivity index (χ0v) is 10.2. The monoisotopic (exact) mass is 231 g/mol. The summed E-state index contributed by atoms with van der Waals surface area (Å²) in [5, 5.41) is -0.0301. The molecule has 0 aromatic carbocycles. The van der Waals surface area contributed by atoms with Crippen LogP contribution in [0.1, 0.15) is 19.8 Å². The van der Waals surface area contributed by atoms with Gasteiger partial charge in [-0.3, -0.25) is 4.79 Å². The van der Waals surface area contributed by atoms with Crippen molar-refractivity contribution in [2.24, 2.45) is 0 Å². The normalized spacial score (nSPS) is 21.8. The second-order valence-corrected chi connectivity index (χ2v) is 4.53. The molecule has 0 aliphatic carbocycles. The van der Waals surface area contributed by atoms with Crippen LogP contribution in [0, 0.1) is 0 Å². The highest BCUT2D eigenvalue weighted by Gasteiger charge is 2.40. The predicted molar refractivity (Wildman–Crippen MR) is 59.7 cm³/mol. The maximum absolute atomic E-state index is 11.9. The molecule has 0 radical (unpaired) electrons. The van der Waals surface area contributed by atoms with Crippen molar-refractivity contribution in [1.29, 1.82) is 0 Å². The lowest BCUT2D eigenvalue weighted by molar-refractivity contribution is -0.159. The molecule has 1 fully saturated rings. The van der Waals surface area contributed by atoms with Gasteiger partial charge in [-0.05, 0) is 19.1 Å². The standard InChI is InChI=1S/C10H17NO3S/c1-4-8(15-3)9(12)11-6-5-7(11)10(13)14-2/h7-8H,4-6H2,1-3H3. The number of methoxy groups -OCH3 is 1. The first-order valence-corrected chi connectivity index (χ1v) is 6.35. The van der Waals surface area contributed by atoms with E-state index in [1.807, 2.05) is 13.2 Å². The largest absolute Gasteiger partial charge is 0.467 e. The highest BCUT2D eigenvalue weighted by Crippen LogP contribution is 2.23. The molecule has 0 saturated carbocycles. The van der Waals surface area contributed by atoms with Crippen LogP contribution >= 0.6 is 11.8 Å². The molecule has 1 heterocycles. The van der Waals surface area contributed by atoms with Gasteiger partial charge >= 0.3 is 5.97 Å². The van der Waals surface area contributed by atoms with E-state index in [1.54, 1.807) is 4.90 Å². The number of esters is 1. The fourth-order valence-electron chi connectivity index (χ4n) is 1.66. The van der Waals surface area contributed by atoms with Gasteiger partial charge in [-0.2, -0.15) is 11.8 Å². The number of rotatable bonds is 4. The Morgan fingerprint density at radius 2 is 2.27 bits per heavy atom. The lowest BCUT2D eigenvalue weighted by Crippen LogP contribution is -2.57. The van der Waals surface area contributed by atoms with E-state index in [0.29, 0.717) is 6.54 Å². The van der Waals surface area contributed by atoms with Crippen molar-refractivity contribution >= 4 is 23.6 Å². The second-order valence-electron chi connectivity index (χ2n) is 3.49. The highest BCUT2D eigenvalue weighted by molar-refractivity contribution is 7.99. The third-order valence-corrected chi connectivity index (χ3v) is 3.81. The average Bonchev–Trinajstić information content (AvgIpc) is 2.17. The molecule has 2 unspecified atom stereocenters. The quantitative estimate of drug-likeness (QED) is 0.674. The first kappa shape index (κ1) is 12.4. The van der Waals surface area contributed by atoms with Crippen LogP contribution in [0.15, 0.2) is 0 Å². The molecule has 0 spiro atoms. The van der Waals surface area contributed by atoms with Crippen molar-refractivity contribution in [1.82, 2.24) is 4.90 Å². The summed E-state index contributed by atoms with van der Waals surface area (Å²) in [4.78, 5) is 24.8. The van der Waals surface area contributed by atoms with Gasteiger partial charge in [0.2, 0.25) is 5.91 Å². The van der Waals surface area contributed by atoms with Crippen LogP contribution < -0.4 is 0 Å². The number of amides is 1. The molecule has 1 aliphatic heterocycles. The smallest absolute Gasteiger partial charge is 0.328 e. The fraction of sp³-hybridized carbons (Fsp3) is 0.800. The molecule has 15 heavy (non-hydrogen) atoms. The van der Waals surface area contributed by atoms with E-state index in [4.69, 9.17) is 0 Å². The Morgan fingerprint density at radius 3 is 2.60 bits per heavy atom. The van der Waals surface area contributed by atoms with E-state index >= 15 is 0 Å². The van der Waals surface area contributed by atoms with Gasteiger partial charge in [0.25, 0.3) is 0 Å².